The highest BCUT2D eigenvalue weighted by Crippen LogP contribution is 2.35. The van der Waals surface area contributed by atoms with Crippen LogP contribution >= 0.6 is 0 Å². The maximum atomic E-state index is 12.5. The second-order valence-electron chi connectivity index (χ2n) is 6.11. The molecular weight excluding hydrogens is 282 g/mol. The SMILES string of the molecule is CNC(=O)[C@@H]1CC2CN(C(=O)c3cnc(C)cn3)CC2N1C. The smallest absolute Gasteiger partial charge is 0.274 e. The number of nitrogens with one attached hydrogen (secondary N) is 1. The van der Waals surface area contributed by atoms with Crippen molar-refractivity contribution in [3.05, 3.63) is 23.8 Å². The van der Waals surface area contributed by atoms with Gasteiger partial charge in [-0.3, -0.25) is 19.5 Å². The van der Waals surface area contributed by atoms with Crippen LogP contribution in [0.3, 0.4) is 0 Å². The van der Waals surface area contributed by atoms with Crippen LogP contribution in [0, 0.1) is 12.8 Å². The van der Waals surface area contributed by atoms with Crippen molar-refractivity contribution in [2.24, 2.45) is 5.92 Å². The first kappa shape index (κ1) is 14.9. The van der Waals surface area contributed by atoms with Gasteiger partial charge in [0, 0.05) is 32.4 Å². The van der Waals surface area contributed by atoms with Crippen LogP contribution < -0.4 is 5.32 Å². The minimum Gasteiger partial charge on any atom is -0.358 e. The molecule has 0 bridgehead atoms. The molecule has 1 aromatic heterocycles. The van der Waals surface area contributed by atoms with Crippen LogP contribution in [-0.4, -0.2) is 70.9 Å². The molecule has 22 heavy (non-hydrogen) atoms. The zero-order chi connectivity index (χ0) is 15.9. The van der Waals surface area contributed by atoms with E-state index in [2.05, 4.69) is 20.2 Å². The number of aromatic nitrogens is 2. The van der Waals surface area contributed by atoms with Crippen LogP contribution in [0.2, 0.25) is 0 Å². The summed E-state index contributed by atoms with van der Waals surface area (Å²) in [6.45, 7) is 3.16. The zero-order valence-corrected chi connectivity index (χ0v) is 13.1. The lowest BCUT2D eigenvalue weighted by atomic mass is 10.0. The molecule has 7 nitrogen and oxygen atoms in total. The molecule has 0 saturated carbocycles. The molecule has 2 unspecified atom stereocenters. The molecule has 118 valence electrons. The van der Waals surface area contributed by atoms with E-state index in [0.29, 0.717) is 24.7 Å². The number of likely N-dealkylation sites (N-methyl/N-ethyl adjacent to an activating group) is 2. The monoisotopic (exact) mass is 303 g/mol. The van der Waals surface area contributed by atoms with E-state index in [1.54, 1.807) is 13.2 Å². The molecule has 2 aliphatic rings. The maximum Gasteiger partial charge on any atom is 0.274 e. The van der Waals surface area contributed by atoms with Gasteiger partial charge < -0.3 is 10.2 Å². The average Bonchev–Trinajstić information content (AvgIpc) is 3.06. The number of nitrogens with zero attached hydrogens (tertiary/aromatic N) is 4. The molecule has 0 aliphatic carbocycles. The summed E-state index contributed by atoms with van der Waals surface area (Å²) >= 11 is 0. The fraction of sp³-hybridized carbons (Fsp3) is 0.600. The molecule has 1 aromatic rings. The predicted molar refractivity (Wildman–Crippen MR) is 80.2 cm³/mol. The summed E-state index contributed by atoms with van der Waals surface area (Å²) in [6.07, 6.45) is 3.94. The van der Waals surface area contributed by atoms with Gasteiger partial charge in [-0.05, 0) is 26.3 Å². The second kappa shape index (κ2) is 5.64. The number of fused-ring (bicyclic) bond motifs is 1. The van der Waals surface area contributed by atoms with Crippen LogP contribution in [0.25, 0.3) is 0 Å². The Bertz CT molecular complexity index is 588. The zero-order valence-electron chi connectivity index (χ0n) is 13.1. The van der Waals surface area contributed by atoms with Crippen LogP contribution in [0.4, 0.5) is 0 Å². The topological polar surface area (TPSA) is 78.4 Å². The molecule has 3 heterocycles. The summed E-state index contributed by atoms with van der Waals surface area (Å²) in [6, 6.07) is 0.154. The molecule has 2 amide bonds. The maximum absolute atomic E-state index is 12.5. The van der Waals surface area contributed by atoms with Crippen molar-refractivity contribution >= 4 is 11.8 Å². The van der Waals surface area contributed by atoms with Crippen molar-refractivity contribution in [2.75, 3.05) is 27.2 Å². The Kier molecular flexibility index (Phi) is 3.82. The Labute approximate surface area is 129 Å². The minimum atomic E-state index is -0.0866. The molecular formula is C15H21N5O2. The van der Waals surface area contributed by atoms with E-state index < -0.39 is 0 Å². The fourth-order valence-corrected chi connectivity index (χ4v) is 3.52. The lowest BCUT2D eigenvalue weighted by Crippen LogP contribution is -2.45. The van der Waals surface area contributed by atoms with Gasteiger partial charge >= 0.3 is 0 Å². The summed E-state index contributed by atoms with van der Waals surface area (Å²) in [5, 5.41) is 2.71. The largest absolute Gasteiger partial charge is 0.358 e. The van der Waals surface area contributed by atoms with Crippen molar-refractivity contribution in [3.8, 4) is 0 Å². The molecule has 3 rings (SSSR count). The third-order valence-electron chi connectivity index (χ3n) is 4.78. The van der Waals surface area contributed by atoms with Crippen LogP contribution in [0.1, 0.15) is 22.6 Å². The molecule has 1 N–H and O–H groups in total. The van der Waals surface area contributed by atoms with Crippen molar-refractivity contribution in [1.29, 1.82) is 0 Å². The number of likely N-dealkylation sites (tertiary alicyclic amines) is 2. The van der Waals surface area contributed by atoms with E-state index in [0.717, 1.165) is 12.1 Å². The highest BCUT2D eigenvalue weighted by molar-refractivity contribution is 5.92. The van der Waals surface area contributed by atoms with E-state index in [9.17, 15) is 9.59 Å². The number of carbonyl (C=O) groups excluding carboxylic acids is 2. The predicted octanol–water partition coefficient (Wildman–Crippen LogP) is -0.324. The lowest BCUT2D eigenvalue weighted by Gasteiger charge is -2.25. The molecule has 0 spiro atoms. The van der Waals surface area contributed by atoms with E-state index in [4.69, 9.17) is 0 Å². The van der Waals surface area contributed by atoms with Gasteiger partial charge in [-0.1, -0.05) is 0 Å². The summed E-state index contributed by atoms with van der Waals surface area (Å²) in [5.41, 5.74) is 1.18. The molecule has 0 aromatic carbocycles. The Morgan fingerprint density at radius 1 is 1.27 bits per heavy atom. The van der Waals surface area contributed by atoms with E-state index in [-0.39, 0.29) is 23.9 Å². The number of carbonyl (C=O) groups is 2. The van der Waals surface area contributed by atoms with Gasteiger partial charge in [-0.25, -0.2) is 4.98 Å². The number of rotatable bonds is 2. The first-order chi connectivity index (χ1) is 10.5. The van der Waals surface area contributed by atoms with E-state index in [1.165, 1.54) is 6.20 Å². The standard InChI is InChI=1S/C15H21N5O2/c1-9-5-18-11(6-17-9)15(22)20-7-10-4-12(14(21)16-2)19(3)13(10)8-20/h5-6,10,12-13H,4,7-8H2,1-3H3,(H,16,21)/t10?,12-,13?/m0/s1. The second-order valence-corrected chi connectivity index (χ2v) is 6.11. The van der Waals surface area contributed by atoms with Gasteiger partial charge in [0.15, 0.2) is 0 Å². The summed E-state index contributed by atoms with van der Waals surface area (Å²) in [7, 11) is 3.63. The first-order valence-electron chi connectivity index (χ1n) is 7.52. The van der Waals surface area contributed by atoms with Crippen molar-refractivity contribution < 1.29 is 9.59 Å². The van der Waals surface area contributed by atoms with Gasteiger partial charge in [-0.2, -0.15) is 0 Å². The quantitative estimate of drug-likeness (QED) is 0.810. The molecule has 2 aliphatic heterocycles. The Morgan fingerprint density at radius 3 is 2.64 bits per heavy atom. The molecule has 7 heteroatoms. The highest BCUT2D eigenvalue weighted by atomic mass is 16.2. The molecule has 0 radical (unpaired) electrons. The van der Waals surface area contributed by atoms with Crippen molar-refractivity contribution in [2.45, 2.75) is 25.4 Å². The van der Waals surface area contributed by atoms with Crippen molar-refractivity contribution in [1.82, 2.24) is 25.1 Å². The summed E-state index contributed by atoms with van der Waals surface area (Å²) in [5.74, 6) is 0.320. The molecule has 2 fully saturated rings. The van der Waals surface area contributed by atoms with E-state index >= 15 is 0 Å². The number of amides is 2. The number of aryl methyl sites for hydroxylation is 1. The minimum absolute atomic E-state index is 0.0548. The number of hydrogen-bond donors (Lipinski definition) is 1. The van der Waals surface area contributed by atoms with Gasteiger partial charge in [-0.15, -0.1) is 0 Å². The van der Waals surface area contributed by atoms with Crippen LogP contribution in [0.5, 0.6) is 0 Å². The lowest BCUT2D eigenvalue weighted by molar-refractivity contribution is -0.125. The Morgan fingerprint density at radius 2 is 2.05 bits per heavy atom. The summed E-state index contributed by atoms with van der Waals surface area (Å²) < 4.78 is 0. The van der Waals surface area contributed by atoms with Crippen LogP contribution in [0.15, 0.2) is 12.4 Å². The summed E-state index contributed by atoms with van der Waals surface area (Å²) in [4.78, 5) is 36.6. The normalized spacial score (nSPS) is 27.8. The van der Waals surface area contributed by atoms with Crippen molar-refractivity contribution in [3.63, 3.8) is 0 Å². The molecule has 2 saturated heterocycles. The first-order valence-corrected chi connectivity index (χ1v) is 7.52. The third-order valence-corrected chi connectivity index (χ3v) is 4.78. The highest BCUT2D eigenvalue weighted by Gasteiger charge is 2.48. The van der Waals surface area contributed by atoms with Gasteiger partial charge in [0.2, 0.25) is 5.91 Å². The third kappa shape index (κ3) is 2.45. The Hall–Kier alpha value is -2.02. The van der Waals surface area contributed by atoms with Gasteiger partial charge in [0.05, 0.1) is 17.9 Å². The van der Waals surface area contributed by atoms with Crippen LogP contribution in [-0.2, 0) is 4.79 Å². The molecule has 3 atom stereocenters. The fourth-order valence-electron chi connectivity index (χ4n) is 3.52. The van der Waals surface area contributed by atoms with Gasteiger partial charge in [0.25, 0.3) is 5.91 Å². The number of hydrogen-bond acceptors (Lipinski definition) is 5. The Balaban J connectivity index is 1.68. The average molecular weight is 303 g/mol. The van der Waals surface area contributed by atoms with E-state index in [1.807, 2.05) is 18.9 Å². The van der Waals surface area contributed by atoms with Gasteiger partial charge in [0.1, 0.15) is 5.69 Å².